The van der Waals surface area contributed by atoms with E-state index in [9.17, 15) is 0 Å². The molecule has 0 aliphatic carbocycles. The molecule has 0 rings (SSSR count). The summed E-state index contributed by atoms with van der Waals surface area (Å²) in [7, 11) is 0. The molecule has 0 aliphatic rings. The number of hydrogen-bond donors (Lipinski definition) is 1. The van der Waals surface area contributed by atoms with Gasteiger partial charge in [0.05, 0.1) is 0 Å². The Kier molecular flexibility index (Phi) is 6.02. The maximum absolute atomic E-state index is 3.99. The molecule has 0 radical (unpaired) electrons. The van der Waals surface area contributed by atoms with Gasteiger partial charge in [0, 0.05) is 11.7 Å². The van der Waals surface area contributed by atoms with E-state index in [1.165, 1.54) is 5.57 Å². The van der Waals surface area contributed by atoms with Crippen LogP contribution in [0.25, 0.3) is 0 Å². The lowest BCUT2D eigenvalue weighted by Crippen LogP contribution is -2.21. The second-order valence-electron chi connectivity index (χ2n) is 3.99. The Morgan fingerprint density at radius 3 is 2.29 bits per heavy atom. The van der Waals surface area contributed by atoms with Gasteiger partial charge < -0.3 is 5.32 Å². The summed E-state index contributed by atoms with van der Waals surface area (Å²) in [5.74, 6) is 0.453. The molecular formula is C13H23N. The van der Waals surface area contributed by atoms with Crippen LogP contribution in [0.1, 0.15) is 34.1 Å². The average molecular weight is 193 g/mol. The van der Waals surface area contributed by atoms with Gasteiger partial charge in [0.15, 0.2) is 0 Å². The Labute approximate surface area is 88.6 Å². The molecule has 0 aromatic heterocycles. The predicted octanol–water partition coefficient (Wildman–Crippen LogP) is 3.66. The lowest BCUT2D eigenvalue weighted by atomic mass is 9.97. The third-order valence-corrected chi connectivity index (χ3v) is 2.13. The molecule has 0 saturated carbocycles. The summed E-state index contributed by atoms with van der Waals surface area (Å²) in [6.07, 6.45) is 5.16. The Morgan fingerprint density at radius 2 is 2.00 bits per heavy atom. The zero-order chi connectivity index (χ0) is 11.1. The second kappa shape index (κ2) is 6.47. The van der Waals surface area contributed by atoms with Gasteiger partial charge in [-0.3, -0.25) is 0 Å². The number of hydrogen-bond acceptors (Lipinski definition) is 1. The van der Waals surface area contributed by atoms with Crippen molar-refractivity contribution in [3.05, 3.63) is 36.6 Å². The highest BCUT2D eigenvalue weighted by atomic mass is 14.9. The van der Waals surface area contributed by atoms with Crippen LogP contribution in [0.2, 0.25) is 0 Å². The van der Waals surface area contributed by atoms with E-state index in [0.717, 1.165) is 12.1 Å². The molecule has 80 valence electrons. The molecule has 0 amide bonds. The van der Waals surface area contributed by atoms with Crippen LogP contribution in [0.3, 0.4) is 0 Å². The Balaban J connectivity index is 4.54. The molecule has 0 heterocycles. The molecule has 0 fully saturated rings. The van der Waals surface area contributed by atoms with Crippen LogP contribution >= 0.6 is 0 Å². The Hall–Kier alpha value is -0.980. The first-order valence-electron chi connectivity index (χ1n) is 5.27. The van der Waals surface area contributed by atoms with E-state index in [1.807, 2.05) is 6.08 Å². The molecule has 0 bridgehead atoms. The molecule has 1 unspecified atom stereocenters. The summed E-state index contributed by atoms with van der Waals surface area (Å²) < 4.78 is 0. The zero-order valence-electron chi connectivity index (χ0n) is 9.93. The minimum absolute atomic E-state index is 0.446. The van der Waals surface area contributed by atoms with Crippen molar-refractivity contribution < 1.29 is 0 Å². The van der Waals surface area contributed by atoms with Crippen LogP contribution in [0.15, 0.2) is 36.6 Å². The summed E-state index contributed by atoms with van der Waals surface area (Å²) in [5.41, 5.74) is 2.31. The van der Waals surface area contributed by atoms with Crippen molar-refractivity contribution in [2.24, 2.45) is 5.92 Å². The topological polar surface area (TPSA) is 12.0 Å². The van der Waals surface area contributed by atoms with E-state index in [4.69, 9.17) is 0 Å². The molecule has 0 saturated heterocycles. The van der Waals surface area contributed by atoms with E-state index in [1.54, 1.807) is 0 Å². The number of nitrogens with one attached hydrogen (secondary N) is 1. The lowest BCUT2D eigenvalue weighted by Gasteiger charge is -2.15. The second-order valence-corrected chi connectivity index (χ2v) is 3.99. The van der Waals surface area contributed by atoms with Gasteiger partial charge in [-0.2, -0.15) is 0 Å². The van der Waals surface area contributed by atoms with Gasteiger partial charge in [-0.1, -0.05) is 31.7 Å². The van der Waals surface area contributed by atoms with Gasteiger partial charge in [-0.15, -0.1) is 0 Å². The number of allylic oxidation sites excluding steroid dienone is 3. The van der Waals surface area contributed by atoms with Gasteiger partial charge >= 0.3 is 0 Å². The first-order valence-corrected chi connectivity index (χ1v) is 5.27. The summed E-state index contributed by atoms with van der Waals surface area (Å²) >= 11 is 0. The van der Waals surface area contributed by atoms with Crippen LogP contribution in [-0.2, 0) is 0 Å². The van der Waals surface area contributed by atoms with Crippen molar-refractivity contribution in [2.45, 2.75) is 40.2 Å². The Morgan fingerprint density at radius 1 is 1.43 bits per heavy atom. The van der Waals surface area contributed by atoms with Crippen LogP contribution in [0, 0.1) is 5.92 Å². The van der Waals surface area contributed by atoms with E-state index in [0.29, 0.717) is 12.0 Å². The van der Waals surface area contributed by atoms with E-state index < -0.39 is 0 Å². The highest BCUT2D eigenvalue weighted by molar-refractivity contribution is 5.20. The normalized spacial score (nSPS) is 13.9. The minimum Gasteiger partial charge on any atom is -0.383 e. The SMILES string of the molecule is C=C/C(=C\C(CC)C(=C)C)NC(C)C. The monoisotopic (exact) mass is 193 g/mol. The van der Waals surface area contributed by atoms with E-state index >= 15 is 0 Å². The van der Waals surface area contributed by atoms with Gasteiger partial charge in [-0.25, -0.2) is 0 Å². The van der Waals surface area contributed by atoms with Crippen LogP contribution < -0.4 is 5.32 Å². The summed E-state index contributed by atoms with van der Waals surface area (Å²) in [6.45, 7) is 16.3. The maximum atomic E-state index is 3.99. The van der Waals surface area contributed by atoms with Crippen molar-refractivity contribution in [3.63, 3.8) is 0 Å². The molecule has 1 atom stereocenters. The number of rotatable bonds is 6. The first-order chi connectivity index (χ1) is 6.51. The fraction of sp³-hybridized carbons (Fsp3) is 0.538. The van der Waals surface area contributed by atoms with Crippen molar-refractivity contribution in [2.75, 3.05) is 0 Å². The molecule has 1 nitrogen and oxygen atoms in total. The molecule has 1 heteroatoms. The fourth-order valence-electron chi connectivity index (χ4n) is 1.33. The third-order valence-electron chi connectivity index (χ3n) is 2.13. The molecule has 0 aromatic rings. The van der Waals surface area contributed by atoms with E-state index in [2.05, 4.69) is 52.2 Å². The molecule has 0 spiro atoms. The van der Waals surface area contributed by atoms with Crippen molar-refractivity contribution in [1.29, 1.82) is 0 Å². The van der Waals surface area contributed by atoms with Crippen LogP contribution in [-0.4, -0.2) is 6.04 Å². The van der Waals surface area contributed by atoms with Crippen molar-refractivity contribution >= 4 is 0 Å². The smallest absolute Gasteiger partial charge is 0.0301 e. The summed E-state index contributed by atoms with van der Waals surface area (Å²) in [4.78, 5) is 0. The average Bonchev–Trinajstić information content (AvgIpc) is 2.10. The highest BCUT2D eigenvalue weighted by Gasteiger charge is 2.04. The first kappa shape index (κ1) is 13.0. The molecule has 1 N–H and O–H groups in total. The van der Waals surface area contributed by atoms with Crippen LogP contribution in [0.5, 0.6) is 0 Å². The van der Waals surface area contributed by atoms with E-state index in [-0.39, 0.29) is 0 Å². The lowest BCUT2D eigenvalue weighted by molar-refractivity contribution is 0.659. The van der Waals surface area contributed by atoms with Gasteiger partial charge in [-0.05, 0) is 39.2 Å². The quantitative estimate of drug-likeness (QED) is 0.501. The summed E-state index contributed by atoms with van der Waals surface area (Å²) in [5, 5.41) is 3.35. The van der Waals surface area contributed by atoms with Gasteiger partial charge in [0.2, 0.25) is 0 Å². The predicted molar refractivity (Wildman–Crippen MR) is 65.1 cm³/mol. The molecular weight excluding hydrogens is 170 g/mol. The maximum Gasteiger partial charge on any atom is 0.0301 e. The molecule has 0 aliphatic heterocycles. The largest absolute Gasteiger partial charge is 0.383 e. The highest BCUT2D eigenvalue weighted by Crippen LogP contribution is 2.16. The minimum atomic E-state index is 0.446. The van der Waals surface area contributed by atoms with Gasteiger partial charge in [0.1, 0.15) is 0 Å². The molecule has 14 heavy (non-hydrogen) atoms. The van der Waals surface area contributed by atoms with Crippen molar-refractivity contribution in [1.82, 2.24) is 5.32 Å². The fourth-order valence-corrected chi connectivity index (χ4v) is 1.33. The zero-order valence-corrected chi connectivity index (χ0v) is 9.93. The van der Waals surface area contributed by atoms with Crippen molar-refractivity contribution in [3.8, 4) is 0 Å². The standard InChI is InChI=1S/C13H23N/c1-7-12(10(3)4)9-13(8-2)14-11(5)6/h8-9,11-12,14H,2-3,7H2,1,4-6H3/b13-9+. The molecule has 0 aromatic carbocycles. The Bertz CT molecular complexity index is 223. The van der Waals surface area contributed by atoms with Crippen LogP contribution in [0.4, 0.5) is 0 Å². The third kappa shape index (κ3) is 4.90. The summed E-state index contributed by atoms with van der Waals surface area (Å²) in [6, 6.07) is 0.446. The van der Waals surface area contributed by atoms with Gasteiger partial charge in [0.25, 0.3) is 0 Å².